The van der Waals surface area contributed by atoms with Crippen molar-refractivity contribution in [2.75, 3.05) is 18.4 Å². The summed E-state index contributed by atoms with van der Waals surface area (Å²) in [5.74, 6) is -0.243. The quantitative estimate of drug-likeness (QED) is 0.841. The maximum absolute atomic E-state index is 12.9. The number of aromatic nitrogens is 2. The Labute approximate surface area is 130 Å². The van der Waals surface area contributed by atoms with Gasteiger partial charge in [-0.25, -0.2) is 9.78 Å². The van der Waals surface area contributed by atoms with Crippen molar-refractivity contribution in [1.29, 1.82) is 0 Å². The molecule has 1 atom stereocenters. The third-order valence-electron chi connectivity index (χ3n) is 3.31. The minimum absolute atomic E-state index is 0.0431. The van der Waals surface area contributed by atoms with Gasteiger partial charge in [0.05, 0.1) is 18.7 Å². The summed E-state index contributed by atoms with van der Waals surface area (Å²) in [6.07, 6.45) is -3.96. The van der Waals surface area contributed by atoms with Gasteiger partial charge in [0.15, 0.2) is 6.10 Å². The van der Waals surface area contributed by atoms with Crippen LogP contribution >= 0.6 is 0 Å². The van der Waals surface area contributed by atoms with Gasteiger partial charge in [0.2, 0.25) is 5.82 Å². The zero-order valence-corrected chi connectivity index (χ0v) is 12.8. The lowest BCUT2D eigenvalue weighted by Crippen LogP contribution is -2.59. The van der Waals surface area contributed by atoms with Crippen molar-refractivity contribution in [1.82, 2.24) is 14.5 Å². The number of ether oxygens (including phenoxy) is 1. The van der Waals surface area contributed by atoms with Gasteiger partial charge in [0.25, 0.3) is 5.56 Å². The molecule has 0 radical (unpaired) electrons. The molecule has 23 heavy (non-hydrogen) atoms. The number of carbonyl (C=O) groups is 1. The summed E-state index contributed by atoms with van der Waals surface area (Å²) in [5, 5.41) is 2.25. The summed E-state index contributed by atoms with van der Waals surface area (Å²) >= 11 is 0. The van der Waals surface area contributed by atoms with Crippen LogP contribution in [0.5, 0.6) is 0 Å². The summed E-state index contributed by atoms with van der Waals surface area (Å²) in [4.78, 5) is 28.7. The van der Waals surface area contributed by atoms with Crippen LogP contribution in [0.2, 0.25) is 0 Å². The van der Waals surface area contributed by atoms with E-state index in [0.29, 0.717) is 0 Å². The first kappa shape index (κ1) is 17.3. The van der Waals surface area contributed by atoms with Gasteiger partial charge in [-0.3, -0.25) is 10.1 Å². The SMILES string of the molecule is Cn1ccnc(NC(=O)N2C[C@H](C(F)(F)F)OC(C)(C)C2)c1=O. The van der Waals surface area contributed by atoms with E-state index in [1.165, 1.54) is 37.9 Å². The molecule has 0 unspecified atom stereocenters. The van der Waals surface area contributed by atoms with Crippen molar-refractivity contribution in [2.24, 2.45) is 7.05 Å². The van der Waals surface area contributed by atoms with E-state index in [4.69, 9.17) is 4.74 Å². The molecule has 7 nitrogen and oxygen atoms in total. The molecular formula is C13H17F3N4O3. The van der Waals surface area contributed by atoms with E-state index in [9.17, 15) is 22.8 Å². The fourth-order valence-corrected chi connectivity index (χ4v) is 2.27. The zero-order chi connectivity index (χ0) is 17.4. The Bertz CT molecular complexity index is 657. The summed E-state index contributed by atoms with van der Waals surface area (Å²) in [6, 6.07) is -0.827. The van der Waals surface area contributed by atoms with Crippen molar-refractivity contribution in [3.8, 4) is 0 Å². The van der Waals surface area contributed by atoms with E-state index in [-0.39, 0.29) is 12.4 Å². The highest BCUT2D eigenvalue weighted by molar-refractivity contribution is 5.88. The molecule has 2 rings (SSSR count). The van der Waals surface area contributed by atoms with Crippen LogP contribution in [0.15, 0.2) is 17.2 Å². The Balaban J connectivity index is 2.18. The number of morpholine rings is 1. The van der Waals surface area contributed by atoms with Crippen LogP contribution in [-0.2, 0) is 11.8 Å². The van der Waals surface area contributed by atoms with Crippen LogP contribution in [0.4, 0.5) is 23.8 Å². The fraction of sp³-hybridized carbons (Fsp3) is 0.615. The largest absolute Gasteiger partial charge is 0.416 e. The van der Waals surface area contributed by atoms with E-state index in [0.717, 1.165) is 4.90 Å². The number of hydrogen-bond donors (Lipinski definition) is 1. The molecule has 1 fully saturated rings. The molecular weight excluding hydrogens is 317 g/mol. The number of carbonyl (C=O) groups excluding carboxylic acids is 1. The van der Waals surface area contributed by atoms with Gasteiger partial charge in [-0.1, -0.05) is 0 Å². The molecule has 2 amide bonds. The number of halogens is 3. The van der Waals surface area contributed by atoms with Crippen LogP contribution in [0, 0.1) is 0 Å². The summed E-state index contributed by atoms with van der Waals surface area (Å²) in [7, 11) is 1.47. The summed E-state index contributed by atoms with van der Waals surface area (Å²) in [6.45, 7) is 2.24. The lowest BCUT2D eigenvalue weighted by molar-refractivity contribution is -0.267. The smallest absolute Gasteiger partial charge is 0.359 e. The predicted molar refractivity (Wildman–Crippen MR) is 75.1 cm³/mol. The number of amides is 2. The third-order valence-corrected chi connectivity index (χ3v) is 3.31. The number of nitrogens with zero attached hydrogens (tertiary/aromatic N) is 3. The first-order valence-electron chi connectivity index (χ1n) is 6.82. The van der Waals surface area contributed by atoms with Gasteiger partial charge in [0, 0.05) is 19.4 Å². The molecule has 0 aliphatic carbocycles. The van der Waals surface area contributed by atoms with Crippen molar-refractivity contribution in [2.45, 2.75) is 31.7 Å². The number of urea groups is 1. The first-order valence-corrected chi connectivity index (χ1v) is 6.82. The molecule has 1 aliphatic heterocycles. The molecule has 1 saturated heterocycles. The van der Waals surface area contributed by atoms with E-state index in [1.54, 1.807) is 0 Å². The minimum Gasteiger partial charge on any atom is -0.359 e. The lowest BCUT2D eigenvalue weighted by Gasteiger charge is -2.42. The molecule has 1 N–H and O–H groups in total. The number of alkyl halides is 3. The monoisotopic (exact) mass is 334 g/mol. The number of hydrogen-bond acceptors (Lipinski definition) is 4. The zero-order valence-electron chi connectivity index (χ0n) is 12.8. The topological polar surface area (TPSA) is 76.5 Å². The molecule has 0 spiro atoms. The van der Waals surface area contributed by atoms with Gasteiger partial charge >= 0.3 is 12.2 Å². The van der Waals surface area contributed by atoms with E-state index >= 15 is 0 Å². The van der Waals surface area contributed by atoms with Crippen LogP contribution in [-0.4, -0.2) is 51.5 Å². The molecule has 2 heterocycles. The third kappa shape index (κ3) is 4.01. The highest BCUT2D eigenvalue weighted by Crippen LogP contribution is 2.31. The highest BCUT2D eigenvalue weighted by Gasteiger charge is 2.49. The number of anilines is 1. The van der Waals surface area contributed by atoms with Crippen LogP contribution in [0.3, 0.4) is 0 Å². The summed E-state index contributed by atoms with van der Waals surface area (Å²) in [5.41, 5.74) is -1.72. The lowest BCUT2D eigenvalue weighted by atomic mass is 10.1. The molecule has 128 valence electrons. The van der Waals surface area contributed by atoms with Crippen LogP contribution in [0.1, 0.15) is 13.8 Å². The van der Waals surface area contributed by atoms with Crippen molar-refractivity contribution < 1.29 is 22.7 Å². The van der Waals surface area contributed by atoms with E-state index in [2.05, 4.69) is 10.3 Å². The molecule has 10 heteroatoms. The number of aryl methyl sites for hydroxylation is 1. The Hall–Kier alpha value is -2.10. The Kier molecular flexibility index (Phi) is 4.38. The molecule has 0 saturated carbocycles. The van der Waals surface area contributed by atoms with Crippen molar-refractivity contribution in [3.05, 3.63) is 22.7 Å². The Morgan fingerprint density at radius 3 is 2.74 bits per heavy atom. The average Bonchev–Trinajstić information content (AvgIpc) is 2.41. The number of rotatable bonds is 1. The van der Waals surface area contributed by atoms with Gasteiger partial charge in [0.1, 0.15) is 0 Å². The molecule has 1 aromatic heterocycles. The predicted octanol–water partition coefficient (Wildman–Crippen LogP) is 1.35. The van der Waals surface area contributed by atoms with Gasteiger partial charge in [-0.2, -0.15) is 13.2 Å². The second-order valence-electron chi connectivity index (χ2n) is 5.91. The second-order valence-corrected chi connectivity index (χ2v) is 5.91. The maximum Gasteiger partial charge on any atom is 0.416 e. The Morgan fingerprint density at radius 1 is 1.48 bits per heavy atom. The average molecular weight is 334 g/mol. The van der Waals surface area contributed by atoms with Crippen molar-refractivity contribution in [3.63, 3.8) is 0 Å². The molecule has 0 bridgehead atoms. The first-order chi connectivity index (χ1) is 10.5. The van der Waals surface area contributed by atoms with Crippen LogP contribution in [0.25, 0.3) is 0 Å². The summed E-state index contributed by atoms with van der Waals surface area (Å²) < 4.78 is 44.9. The maximum atomic E-state index is 12.9. The van der Waals surface area contributed by atoms with Crippen LogP contribution < -0.4 is 10.9 Å². The molecule has 1 aliphatic rings. The van der Waals surface area contributed by atoms with Gasteiger partial charge in [-0.15, -0.1) is 0 Å². The van der Waals surface area contributed by atoms with Gasteiger partial charge < -0.3 is 14.2 Å². The minimum atomic E-state index is -4.59. The normalized spacial score (nSPS) is 21.1. The molecule has 0 aromatic carbocycles. The highest BCUT2D eigenvalue weighted by atomic mass is 19.4. The molecule has 1 aromatic rings. The Morgan fingerprint density at radius 2 is 2.13 bits per heavy atom. The van der Waals surface area contributed by atoms with Gasteiger partial charge in [-0.05, 0) is 13.8 Å². The van der Waals surface area contributed by atoms with E-state index < -0.39 is 36.0 Å². The van der Waals surface area contributed by atoms with E-state index in [1.807, 2.05) is 0 Å². The second kappa shape index (κ2) is 5.84. The fourth-order valence-electron chi connectivity index (χ4n) is 2.27. The number of nitrogens with one attached hydrogen (secondary N) is 1. The standard InChI is InChI=1S/C13H17F3N4O3/c1-12(2)7-20(6-8(23-12)13(14,15)16)11(22)18-9-10(21)19(3)5-4-17-9/h4-5,8H,6-7H2,1-3H3,(H,17,18,22)/t8-/m1/s1. The van der Waals surface area contributed by atoms with Crippen molar-refractivity contribution >= 4 is 11.8 Å².